The summed E-state index contributed by atoms with van der Waals surface area (Å²) in [5, 5.41) is 5.12. The molecule has 4 rings (SSSR count). The molecule has 28 heavy (non-hydrogen) atoms. The third-order valence-electron chi connectivity index (χ3n) is 5.11. The van der Waals surface area contributed by atoms with E-state index in [1.54, 1.807) is 16.6 Å². The fraction of sp³-hybridized carbons (Fsp3) is 0.400. The molecule has 1 saturated carbocycles. The second-order valence-corrected chi connectivity index (χ2v) is 7.90. The van der Waals surface area contributed by atoms with E-state index in [4.69, 9.17) is 0 Å². The normalized spacial score (nSPS) is 13.9. The maximum Gasteiger partial charge on any atom is 0.253 e. The van der Waals surface area contributed by atoms with E-state index < -0.39 is 0 Å². The lowest BCUT2D eigenvalue weighted by Crippen LogP contribution is -2.34. The molecule has 0 aliphatic heterocycles. The maximum atomic E-state index is 13.2. The fourth-order valence-corrected chi connectivity index (χ4v) is 3.71. The summed E-state index contributed by atoms with van der Waals surface area (Å²) < 4.78 is 14.9. The van der Waals surface area contributed by atoms with Gasteiger partial charge in [-0.2, -0.15) is 4.98 Å². The van der Waals surface area contributed by atoms with Gasteiger partial charge in [0.25, 0.3) is 5.78 Å². The summed E-state index contributed by atoms with van der Waals surface area (Å²) in [6, 6.07) is 6.61. The molecule has 1 aromatic carbocycles. The summed E-state index contributed by atoms with van der Waals surface area (Å²) in [6.45, 7) is 4.35. The second kappa shape index (κ2) is 7.50. The van der Waals surface area contributed by atoms with E-state index in [0.717, 1.165) is 35.4 Å². The highest BCUT2D eigenvalue weighted by atomic mass is 32.2. The number of aromatic nitrogens is 4. The van der Waals surface area contributed by atoms with Gasteiger partial charge in [-0.25, -0.2) is 13.9 Å². The molecule has 0 atom stereocenters. The lowest BCUT2D eigenvalue weighted by atomic mass is 10.1. The van der Waals surface area contributed by atoms with Crippen molar-refractivity contribution in [1.29, 1.82) is 0 Å². The molecule has 1 amide bonds. The lowest BCUT2D eigenvalue weighted by Gasteiger charge is -2.23. The smallest absolute Gasteiger partial charge is 0.253 e. The number of benzene rings is 1. The van der Waals surface area contributed by atoms with Crippen molar-refractivity contribution in [3.63, 3.8) is 0 Å². The lowest BCUT2D eigenvalue weighted by molar-refractivity contribution is -0.131. The van der Waals surface area contributed by atoms with Gasteiger partial charge in [-0.1, -0.05) is 23.9 Å². The number of hydrogen-bond donors (Lipinski definition) is 0. The quantitative estimate of drug-likeness (QED) is 0.595. The number of halogens is 1. The molecule has 0 saturated heterocycles. The molecule has 2 heterocycles. The van der Waals surface area contributed by atoms with Crippen molar-refractivity contribution >= 4 is 23.4 Å². The number of hydrogen-bond acceptors (Lipinski definition) is 5. The molecular weight excluding hydrogens is 377 g/mol. The summed E-state index contributed by atoms with van der Waals surface area (Å²) in [5.74, 6) is 0.349. The van der Waals surface area contributed by atoms with Crippen LogP contribution in [0.25, 0.3) is 5.78 Å². The molecule has 0 unspecified atom stereocenters. The average Bonchev–Trinajstić information content (AvgIpc) is 3.43. The number of carbonyl (C=O) groups excluding carboxylic acids is 1. The van der Waals surface area contributed by atoms with Gasteiger partial charge in [0.15, 0.2) is 0 Å². The van der Waals surface area contributed by atoms with E-state index >= 15 is 0 Å². The summed E-state index contributed by atoms with van der Waals surface area (Å²) in [7, 11) is 0. The van der Waals surface area contributed by atoms with Crippen LogP contribution in [0.5, 0.6) is 0 Å². The number of nitrogens with zero attached hydrogens (tertiary/aromatic N) is 5. The standard InChI is InChI=1S/C20H22FN5OS/c1-12-17(13(2)26-19(22-12)23-20(24-26)28-3)10-18(27)25(16-8-9-16)11-14-4-6-15(21)7-5-14/h4-7,16H,8-11H2,1-3H3. The number of thioether (sulfide) groups is 1. The highest BCUT2D eigenvalue weighted by Crippen LogP contribution is 2.29. The van der Waals surface area contributed by atoms with Crippen molar-refractivity contribution in [2.24, 2.45) is 0 Å². The van der Waals surface area contributed by atoms with Crippen LogP contribution in [0.1, 0.15) is 35.4 Å². The zero-order chi connectivity index (χ0) is 19.8. The monoisotopic (exact) mass is 399 g/mol. The minimum Gasteiger partial charge on any atom is -0.335 e. The number of amides is 1. The summed E-state index contributed by atoms with van der Waals surface area (Å²) >= 11 is 1.46. The minimum absolute atomic E-state index is 0.0596. The van der Waals surface area contributed by atoms with Crippen LogP contribution >= 0.6 is 11.8 Å². The van der Waals surface area contributed by atoms with Crippen molar-refractivity contribution in [3.05, 3.63) is 52.6 Å². The van der Waals surface area contributed by atoms with Gasteiger partial charge in [-0.05, 0) is 50.6 Å². The van der Waals surface area contributed by atoms with Crippen LogP contribution in [0.4, 0.5) is 4.39 Å². The topological polar surface area (TPSA) is 63.4 Å². The first kappa shape index (κ1) is 18.9. The predicted octanol–water partition coefficient (Wildman–Crippen LogP) is 3.34. The van der Waals surface area contributed by atoms with Crippen molar-refractivity contribution in [2.45, 2.75) is 50.9 Å². The Hall–Kier alpha value is -2.48. The molecular formula is C20H22FN5OS. The van der Waals surface area contributed by atoms with E-state index in [-0.39, 0.29) is 24.2 Å². The molecule has 0 N–H and O–H groups in total. The van der Waals surface area contributed by atoms with Gasteiger partial charge < -0.3 is 4.90 Å². The number of fused-ring (bicyclic) bond motifs is 1. The third kappa shape index (κ3) is 3.73. The highest BCUT2D eigenvalue weighted by Gasteiger charge is 2.33. The Labute approximate surface area is 167 Å². The second-order valence-electron chi connectivity index (χ2n) is 7.13. The van der Waals surface area contributed by atoms with E-state index in [9.17, 15) is 9.18 Å². The number of carbonyl (C=O) groups is 1. The van der Waals surface area contributed by atoms with Crippen molar-refractivity contribution in [2.75, 3.05) is 6.26 Å². The van der Waals surface area contributed by atoms with Crippen LogP contribution < -0.4 is 0 Å². The molecule has 2 aromatic heterocycles. The molecule has 1 aliphatic carbocycles. The first-order valence-electron chi connectivity index (χ1n) is 9.27. The largest absolute Gasteiger partial charge is 0.335 e. The van der Waals surface area contributed by atoms with Crippen LogP contribution in [0.2, 0.25) is 0 Å². The Morgan fingerprint density at radius 1 is 1.25 bits per heavy atom. The molecule has 1 aliphatic rings. The van der Waals surface area contributed by atoms with Gasteiger partial charge in [0.05, 0.1) is 6.42 Å². The van der Waals surface area contributed by atoms with Crippen LogP contribution in [0.15, 0.2) is 29.4 Å². The van der Waals surface area contributed by atoms with Gasteiger partial charge in [0.1, 0.15) is 5.82 Å². The molecule has 0 radical (unpaired) electrons. The summed E-state index contributed by atoms with van der Waals surface area (Å²) in [4.78, 5) is 24.0. The highest BCUT2D eigenvalue weighted by molar-refractivity contribution is 7.98. The van der Waals surface area contributed by atoms with Crippen molar-refractivity contribution < 1.29 is 9.18 Å². The zero-order valence-corrected chi connectivity index (χ0v) is 17.0. The number of aryl methyl sites for hydroxylation is 2. The van der Waals surface area contributed by atoms with Crippen LogP contribution in [0.3, 0.4) is 0 Å². The van der Waals surface area contributed by atoms with E-state index in [0.29, 0.717) is 17.5 Å². The fourth-order valence-electron chi connectivity index (χ4n) is 3.38. The molecule has 0 spiro atoms. The Morgan fingerprint density at radius 3 is 2.61 bits per heavy atom. The Balaban J connectivity index is 1.59. The average molecular weight is 399 g/mol. The molecule has 8 heteroatoms. The van der Waals surface area contributed by atoms with Gasteiger partial charge in [-0.15, -0.1) is 5.10 Å². The molecule has 0 bridgehead atoms. The first-order chi connectivity index (χ1) is 13.5. The molecule has 6 nitrogen and oxygen atoms in total. The molecule has 3 aromatic rings. The first-order valence-corrected chi connectivity index (χ1v) is 10.5. The SMILES string of the molecule is CSc1nc2nc(C)c(CC(=O)N(Cc3ccc(F)cc3)C3CC3)c(C)n2n1. The Bertz CT molecular complexity index is 1030. The Kier molecular flexibility index (Phi) is 5.05. The van der Waals surface area contributed by atoms with Gasteiger partial charge >= 0.3 is 0 Å². The van der Waals surface area contributed by atoms with Crippen LogP contribution in [-0.2, 0) is 17.8 Å². The minimum atomic E-state index is -0.267. The van der Waals surface area contributed by atoms with Crippen LogP contribution in [-0.4, -0.2) is 42.7 Å². The zero-order valence-electron chi connectivity index (χ0n) is 16.1. The van der Waals surface area contributed by atoms with Gasteiger partial charge in [-0.3, -0.25) is 4.79 Å². The maximum absolute atomic E-state index is 13.2. The van der Waals surface area contributed by atoms with E-state index in [2.05, 4.69) is 15.1 Å². The van der Waals surface area contributed by atoms with E-state index in [1.165, 1.54) is 23.9 Å². The van der Waals surface area contributed by atoms with Crippen molar-refractivity contribution in [1.82, 2.24) is 24.5 Å². The third-order valence-corrected chi connectivity index (χ3v) is 5.65. The summed E-state index contributed by atoms with van der Waals surface area (Å²) in [6.07, 6.45) is 4.22. The Morgan fingerprint density at radius 2 is 1.96 bits per heavy atom. The summed E-state index contributed by atoms with van der Waals surface area (Å²) in [5.41, 5.74) is 3.52. The number of rotatable bonds is 6. The van der Waals surface area contributed by atoms with Crippen molar-refractivity contribution in [3.8, 4) is 0 Å². The molecule has 1 fully saturated rings. The van der Waals surface area contributed by atoms with Gasteiger partial charge in [0, 0.05) is 29.5 Å². The van der Waals surface area contributed by atoms with Gasteiger partial charge in [0.2, 0.25) is 11.1 Å². The molecule has 146 valence electrons. The predicted molar refractivity (Wildman–Crippen MR) is 106 cm³/mol. The van der Waals surface area contributed by atoms with E-state index in [1.807, 2.05) is 25.0 Å². The van der Waals surface area contributed by atoms with Crippen LogP contribution in [0, 0.1) is 19.7 Å².